The summed E-state index contributed by atoms with van der Waals surface area (Å²) >= 11 is 0. The fourth-order valence-electron chi connectivity index (χ4n) is 3.15. The van der Waals surface area contributed by atoms with E-state index < -0.39 is 0 Å². The van der Waals surface area contributed by atoms with Crippen LogP contribution in [0.15, 0.2) is 17.1 Å². The predicted molar refractivity (Wildman–Crippen MR) is 112 cm³/mol. The van der Waals surface area contributed by atoms with E-state index in [2.05, 4.69) is 16.8 Å². The second-order valence-electron chi connectivity index (χ2n) is 6.18. The molecule has 1 aliphatic rings. The highest BCUT2D eigenvalue weighted by atomic mass is 127. The van der Waals surface area contributed by atoms with E-state index in [9.17, 15) is 0 Å². The maximum absolute atomic E-state index is 6.15. The lowest BCUT2D eigenvalue weighted by Crippen LogP contribution is -2.43. The van der Waals surface area contributed by atoms with Gasteiger partial charge in [-0.25, -0.2) is 0 Å². The predicted octanol–water partition coefficient (Wildman–Crippen LogP) is 2.92. The molecule has 6 nitrogen and oxygen atoms in total. The van der Waals surface area contributed by atoms with Crippen LogP contribution in [0.5, 0.6) is 17.2 Å². The van der Waals surface area contributed by atoms with Crippen molar-refractivity contribution in [2.24, 2.45) is 16.6 Å². The molecule has 0 amide bonds. The van der Waals surface area contributed by atoms with Crippen molar-refractivity contribution in [1.29, 1.82) is 0 Å². The van der Waals surface area contributed by atoms with Gasteiger partial charge in [-0.1, -0.05) is 13.0 Å². The molecule has 2 N–H and O–H groups in total. The van der Waals surface area contributed by atoms with E-state index in [-0.39, 0.29) is 24.0 Å². The number of hydrogen-bond donors (Lipinski definition) is 1. The zero-order chi connectivity index (χ0) is 17.5. The molecule has 7 heteroatoms. The van der Waals surface area contributed by atoms with Gasteiger partial charge in [-0.15, -0.1) is 24.0 Å². The molecule has 0 radical (unpaired) electrons. The van der Waals surface area contributed by atoms with Gasteiger partial charge in [-0.05, 0) is 31.2 Å². The molecule has 1 aromatic rings. The first-order valence-electron chi connectivity index (χ1n) is 8.43. The summed E-state index contributed by atoms with van der Waals surface area (Å²) in [5, 5.41) is 0. The van der Waals surface area contributed by atoms with E-state index in [1.54, 1.807) is 21.3 Å². The fraction of sp³-hybridized carbons (Fsp3) is 0.611. The Morgan fingerprint density at radius 3 is 2.52 bits per heavy atom. The zero-order valence-electron chi connectivity index (χ0n) is 15.6. The number of ether oxygens (including phenoxy) is 3. The van der Waals surface area contributed by atoms with Crippen LogP contribution in [0.2, 0.25) is 0 Å². The van der Waals surface area contributed by atoms with Gasteiger partial charge in [0, 0.05) is 25.2 Å². The minimum Gasteiger partial charge on any atom is -0.493 e. The zero-order valence-corrected chi connectivity index (χ0v) is 17.9. The number of guanidine groups is 1. The molecule has 1 fully saturated rings. The maximum Gasteiger partial charge on any atom is 0.203 e. The van der Waals surface area contributed by atoms with Crippen molar-refractivity contribution in [3.8, 4) is 17.2 Å². The largest absolute Gasteiger partial charge is 0.493 e. The molecule has 1 atom stereocenters. The normalized spacial score (nSPS) is 17.7. The summed E-state index contributed by atoms with van der Waals surface area (Å²) in [7, 11) is 4.85. The number of nitrogens with zero attached hydrogens (tertiary/aromatic N) is 2. The minimum absolute atomic E-state index is 0. The molecule has 0 bridgehead atoms. The molecule has 0 aliphatic carbocycles. The Bertz CT molecular complexity index is 581. The molecule has 1 aromatic carbocycles. The Morgan fingerprint density at radius 2 is 1.92 bits per heavy atom. The first-order chi connectivity index (χ1) is 11.6. The van der Waals surface area contributed by atoms with Gasteiger partial charge < -0.3 is 24.8 Å². The van der Waals surface area contributed by atoms with Crippen molar-refractivity contribution < 1.29 is 14.2 Å². The van der Waals surface area contributed by atoms with Gasteiger partial charge in [0.2, 0.25) is 5.75 Å². The van der Waals surface area contributed by atoms with Crippen molar-refractivity contribution in [1.82, 2.24) is 4.90 Å². The average molecular weight is 463 g/mol. The topological polar surface area (TPSA) is 69.3 Å². The number of likely N-dealkylation sites (tertiary alicyclic amines) is 1. The molecule has 0 saturated carbocycles. The number of halogens is 1. The van der Waals surface area contributed by atoms with Crippen molar-refractivity contribution in [3.05, 3.63) is 17.7 Å². The van der Waals surface area contributed by atoms with Crippen LogP contribution >= 0.6 is 24.0 Å². The quantitative estimate of drug-likeness (QED) is 0.399. The van der Waals surface area contributed by atoms with Gasteiger partial charge in [0.25, 0.3) is 0 Å². The molecular weight excluding hydrogens is 433 g/mol. The summed E-state index contributed by atoms with van der Waals surface area (Å²) in [5.41, 5.74) is 7.17. The molecular formula is C18H30IN3O3. The van der Waals surface area contributed by atoms with E-state index in [4.69, 9.17) is 19.9 Å². The SMILES string of the molecule is COc1ccc(CCN=C(N)N2CCCC(C)C2)c(OC)c1OC.I. The Morgan fingerprint density at radius 1 is 1.20 bits per heavy atom. The lowest BCUT2D eigenvalue weighted by molar-refractivity contribution is 0.270. The molecule has 142 valence electrons. The fourth-order valence-corrected chi connectivity index (χ4v) is 3.15. The monoisotopic (exact) mass is 463 g/mol. The van der Waals surface area contributed by atoms with E-state index in [1.807, 2.05) is 12.1 Å². The number of methoxy groups -OCH3 is 3. The van der Waals surface area contributed by atoms with Crippen LogP contribution < -0.4 is 19.9 Å². The van der Waals surface area contributed by atoms with Gasteiger partial charge in [0.05, 0.1) is 21.3 Å². The van der Waals surface area contributed by atoms with Crippen LogP contribution in [0.4, 0.5) is 0 Å². The first-order valence-corrected chi connectivity index (χ1v) is 8.43. The van der Waals surface area contributed by atoms with Crippen molar-refractivity contribution >= 4 is 29.9 Å². The van der Waals surface area contributed by atoms with Crippen molar-refractivity contribution in [3.63, 3.8) is 0 Å². The van der Waals surface area contributed by atoms with Gasteiger partial charge in [-0.3, -0.25) is 4.99 Å². The molecule has 1 saturated heterocycles. The Hall–Kier alpha value is -1.38. The van der Waals surface area contributed by atoms with E-state index in [0.29, 0.717) is 35.7 Å². The molecule has 0 aromatic heterocycles. The lowest BCUT2D eigenvalue weighted by Gasteiger charge is -2.31. The Balaban J connectivity index is 0.00000312. The first kappa shape index (κ1) is 21.7. The van der Waals surface area contributed by atoms with Crippen LogP contribution in [-0.4, -0.2) is 51.8 Å². The van der Waals surface area contributed by atoms with E-state index >= 15 is 0 Å². The van der Waals surface area contributed by atoms with Gasteiger partial charge in [0.1, 0.15) is 0 Å². The summed E-state index contributed by atoms with van der Waals surface area (Å²) in [4.78, 5) is 6.72. The lowest BCUT2D eigenvalue weighted by atomic mass is 10.0. The highest BCUT2D eigenvalue weighted by molar-refractivity contribution is 14.0. The minimum atomic E-state index is 0. The van der Waals surface area contributed by atoms with Crippen molar-refractivity contribution in [2.75, 3.05) is 41.0 Å². The Labute approximate surface area is 167 Å². The summed E-state index contributed by atoms with van der Waals surface area (Å²) in [6.45, 7) is 4.87. The number of benzene rings is 1. The summed E-state index contributed by atoms with van der Waals surface area (Å²) in [6, 6.07) is 3.87. The second kappa shape index (κ2) is 10.6. The average Bonchev–Trinajstić information content (AvgIpc) is 2.60. The highest BCUT2D eigenvalue weighted by Crippen LogP contribution is 2.39. The maximum atomic E-state index is 6.15. The number of rotatable bonds is 6. The molecule has 0 spiro atoms. The highest BCUT2D eigenvalue weighted by Gasteiger charge is 2.18. The van der Waals surface area contributed by atoms with Crippen molar-refractivity contribution in [2.45, 2.75) is 26.2 Å². The molecule has 1 unspecified atom stereocenters. The summed E-state index contributed by atoms with van der Waals surface area (Å²) in [6.07, 6.45) is 3.18. The van der Waals surface area contributed by atoms with E-state index in [1.165, 1.54) is 12.8 Å². The second-order valence-corrected chi connectivity index (χ2v) is 6.18. The van der Waals surface area contributed by atoms with Crippen LogP contribution in [0.1, 0.15) is 25.3 Å². The Kier molecular flexibility index (Phi) is 9.16. The number of aliphatic imine (C=N–C) groups is 1. The van der Waals surface area contributed by atoms with Crippen LogP contribution in [-0.2, 0) is 6.42 Å². The van der Waals surface area contributed by atoms with E-state index in [0.717, 1.165) is 25.1 Å². The molecule has 1 heterocycles. The van der Waals surface area contributed by atoms with Crippen LogP contribution in [0.25, 0.3) is 0 Å². The molecule has 1 aliphatic heterocycles. The third-order valence-electron chi connectivity index (χ3n) is 4.42. The number of piperidine rings is 1. The van der Waals surface area contributed by atoms with Crippen LogP contribution in [0.3, 0.4) is 0 Å². The third-order valence-corrected chi connectivity index (χ3v) is 4.42. The molecule has 25 heavy (non-hydrogen) atoms. The van der Waals surface area contributed by atoms with Gasteiger partial charge >= 0.3 is 0 Å². The van der Waals surface area contributed by atoms with Gasteiger partial charge in [-0.2, -0.15) is 0 Å². The molecule has 2 rings (SSSR count). The van der Waals surface area contributed by atoms with Gasteiger partial charge in [0.15, 0.2) is 17.5 Å². The summed E-state index contributed by atoms with van der Waals surface area (Å²) in [5.74, 6) is 3.28. The summed E-state index contributed by atoms with van der Waals surface area (Å²) < 4.78 is 16.2. The van der Waals surface area contributed by atoms with Crippen LogP contribution in [0, 0.1) is 5.92 Å². The smallest absolute Gasteiger partial charge is 0.203 e. The number of hydrogen-bond acceptors (Lipinski definition) is 4. The standard InChI is InChI=1S/C18H29N3O3.HI/c1-13-6-5-11-21(12-13)18(19)20-10-9-14-7-8-15(22-2)17(24-4)16(14)23-3;/h7-8,13H,5-6,9-12H2,1-4H3,(H2,19,20);1H. The number of nitrogens with two attached hydrogens (primary N) is 1. The third kappa shape index (κ3) is 5.55.